The number of quaternary nitrogens is 1. The number of fused-ring (bicyclic) bond motifs is 1. The van der Waals surface area contributed by atoms with Gasteiger partial charge in [-0.1, -0.05) is 0 Å². The van der Waals surface area contributed by atoms with Crippen LogP contribution in [0.2, 0.25) is 0 Å². The third-order valence-electron chi connectivity index (χ3n) is 2.76. The number of nitrogens with zero attached hydrogens (tertiary/aromatic N) is 3. The molecule has 0 atom stereocenters. The highest BCUT2D eigenvalue weighted by Crippen LogP contribution is 2.16. The van der Waals surface area contributed by atoms with Crippen molar-refractivity contribution in [1.29, 1.82) is 0 Å². The number of rotatable bonds is 4. The Morgan fingerprint density at radius 1 is 1.35 bits per heavy atom. The Hall–Kier alpha value is -1.15. The third kappa shape index (κ3) is 3.69. The van der Waals surface area contributed by atoms with Gasteiger partial charge >= 0.3 is 5.97 Å². The van der Waals surface area contributed by atoms with Crippen LogP contribution in [-0.2, 0) is 11.3 Å². The first kappa shape index (κ1) is 16.9. The maximum absolute atomic E-state index is 11.9. The fourth-order valence-electron chi connectivity index (χ4n) is 2.08. The van der Waals surface area contributed by atoms with Gasteiger partial charge in [-0.05, 0) is 19.1 Å². The number of aromatic nitrogens is 2. The highest BCUT2D eigenvalue weighted by atomic mass is 127. The van der Waals surface area contributed by atoms with Crippen molar-refractivity contribution in [2.45, 2.75) is 13.5 Å². The van der Waals surface area contributed by atoms with Gasteiger partial charge in [0.05, 0.1) is 27.7 Å². The van der Waals surface area contributed by atoms with E-state index in [0.29, 0.717) is 12.3 Å². The van der Waals surface area contributed by atoms with Gasteiger partial charge in [0, 0.05) is 18.0 Å². The lowest BCUT2D eigenvalue weighted by molar-refractivity contribution is -0.883. The number of hydrogen-bond donors (Lipinski definition) is 0. The Morgan fingerprint density at radius 2 is 2.05 bits per heavy atom. The van der Waals surface area contributed by atoms with Crippen LogP contribution in [-0.4, -0.2) is 47.6 Å². The van der Waals surface area contributed by atoms with Crippen molar-refractivity contribution < 1.29 is 38.0 Å². The monoisotopic (exact) mass is 389 g/mol. The molecule has 0 saturated heterocycles. The Kier molecular flexibility index (Phi) is 5.52. The molecule has 110 valence electrons. The summed E-state index contributed by atoms with van der Waals surface area (Å²) in [6.07, 6.45) is 3.50. The zero-order valence-electron chi connectivity index (χ0n) is 12.3. The van der Waals surface area contributed by atoms with Gasteiger partial charge in [0.25, 0.3) is 0 Å². The van der Waals surface area contributed by atoms with Gasteiger partial charge in [0.15, 0.2) is 0 Å². The van der Waals surface area contributed by atoms with Crippen molar-refractivity contribution >= 4 is 11.6 Å². The molecule has 2 rings (SSSR count). The molecule has 0 aromatic carbocycles. The van der Waals surface area contributed by atoms with Crippen LogP contribution in [0.1, 0.15) is 23.0 Å². The summed E-state index contributed by atoms with van der Waals surface area (Å²) in [7, 11) is 6.37. The van der Waals surface area contributed by atoms with Crippen LogP contribution >= 0.6 is 0 Å². The number of carbonyl (C=O) groups excluding carboxylic acids is 1. The maximum atomic E-state index is 11.9. The Labute approximate surface area is 136 Å². The summed E-state index contributed by atoms with van der Waals surface area (Å²) in [5, 5.41) is 0. The lowest BCUT2D eigenvalue weighted by Gasteiger charge is -2.24. The number of ether oxygens (including phenoxy) is 1. The van der Waals surface area contributed by atoms with Crippen molar-refractivity contribution in [1.82, 2.24) is 9.38 Å². The van der Waals surface area contributed by atoms with Crippen LogP contribution in [0.3, 0.4) is 0 Å². The highest BCUT2D eigenvalue weighted by Gasteiger charge is 2.17. The zero-order chi connectivity index (χ0) is 14.0. The lowest BCUT2D eigenvalue weighted by Crippen LogP contribution is -3.00. The van der Waals surface area contributed by atoms with E-state index in [9.17, 15) is 4.79 Å². The van der Waals surface area contributed by atoms with Crippen molar-refractivity contribution in [3.63, 3.8) is 0 Å². The number of halogens is 1. The Balaban J connectivity index is 0.00000200. The predicted molar refractivity (Wildman–Crippen MR) is 72.9 cm³/mol. The molecule has 5 nitrogen and oxygen atoms in total. The molecule has 0 amide bonds. The largest absolute Gasteiger partial charge is 1.00 e. The van der Waals surface area contributed by atoms with E-state index >= 15 is 0 Å². The lowest BCUT2D eigenvalue weighted by atomic mass is 10.2. The maximum Gasteiger partial charge on any atom is 0.355 e. The Morgan fingerprint density at radius 3 is 2.65 bits per heavy atom. The molecule has 6 heteroatoms. The molecule has 0 unspecified atom stereocenters. The van der Waals surface area contributed by atoms with E-state index in [2.05, 4.69) is 26.1 Å². The molecule has 0 aliphatic carbocycles. The fraction of sp³-hybridized carbons (Fsp3) is 0.429. The molecule has 0 aliphatic heterocycles. The van der Waals surface area contributed by atoms with E-state index in [-0.39, 0.29) is 29.9 Å². The second-order valence-electron chi connectivity index (χ2n) is 5.53. The normalized spacial score (nSPS) is 11.2. The fourth-order valence-corrected chi connectivity index (χ4v) is 2.08. The summed E-state index contributed by atoms with van der Waals surface area (Å²) in [6, 6.07) is 3.76. The highest BCUT2D eigenvalue weighted by molar-refractivity contribution is 5.88. The molecule has 0 aliphatic rings. The molecule has 0 fully saturated rings. The molecule has 0 radical (unpaired) electrons. The van der Waals surface area contributed by atoms with Gasteiger partial charge in [-0.2, -0.15) is 0 Å². The van der Waals surface area contributed by atoms with E-state index in [0.717, 1.165) is 22.2 Å². The van der Waals surface area contributed by atoms with E-state index in [1.165, 1.54) is 0 Å². The van der Waals surface area contributed by atoms with Crippen molar-refractivity contribution in [2.75, 3.05) is 27.7 Å². The summed E-state index contributed by atoms with van der Waals surface area (Å²) in [5.74, 6) is -0.317. The standard InChI is InChI=1S/C14H20N3O2.HI/c1-5-19-14(18)12-7-6-11(10-17(2,3)4)13-15-8-9-16(12)13;/h6-9H,5,10H2,1-4H3;1H/q+1;/p-1. The van der Waals surface area contributed by atoms with Gasteiger partial charge in [-0.25, -0.2) is 9.78 Å². The first-order chi connectivity index (χ1) is 8.92. The van der Waals surface area contributed by atoms with E-state index in [1.54, 1.807) is 29.8 Å². The molecule has 0 spiro atoms. The van der Waals surface area contributed by atoms with Crippen LogP contribution in [0.5, 0.6) is 0 Å². The van der Waals surface area contributed by atoms with Crippen LogP contribution in [0, 0.1) is 0 Å². The van der Waals surface area contributed by atoms with Gasteiger partial charge in [-0.15, -0.1) is 0 Å². The second kappa shape index (κ2) is 6.53. The van der Waals surface area contributed by atoms with Crippen molar-refractivity contribution in [3.05, 3.63) is 35.8 Å². The average Bonchev–Trinajstić information content (AvgIpc) is 2.77. The first-order valence-corrected chi connectivity index (χ1v) is 6.35. The van der Waals surface area contributed by atoms with E-state index in [4.69, 9.17) is 4.74 Å². The summed E-state index contributed by atoms with van der Waals surface area (Å²) < 4.78 is 7.66. The van der Waals surface area contributed by atoms with Crippen molar-refractivity contribution in [3.8, 4) is 0 Å². The molecule has 0 saturated carbocycles. The Bertz CT molecular complexity index is 602. The minimum absolute atomic E-state index is 0. The minimum Gasteiger partial charge on any atom is -1.00 e. The number of carbonyl (C=O) groups is 1. The topological polar surface area (TPSA) is 43.6 Å². The van der Waals surface area contributed by atoms with E-state index in [1.807, 2.05) is 6.07 Å². The van der Waals surface area contributed by atoms with Crippen LogP contribution in [0.4, 0.5) is 0 Å². The molecule has 2 heterocycles. The summed E-state index contributed by atoms with van der Waals surface area (Å²) >= 11 is 0. The quantitative estimate of drug-likeness (QED) is 0.372. The van der Waals surface area contributed by atoms with Gasteiger partial charge in [-0.3, -0.25) is 4.40 Å². The van der Waals surface area contributed by atoms with Crippen LogP contribution in [0.25, 0.3) is 5.65 Å². The number of esters is 1. The SMILES string of the molecule is CCOC(=O)c1ccc(C[N+](C)(C)C)c2nccn12.[I-]. The first-order valence-electron chi connectivity index (χ1n) is 6.35. The van der Waals surface area contributed by atoms with E-state index < -0.39 is 0 Å². The molecule has 2 aromatic heterocycles. The molecule has 2 aromatic rings. The molecule has 0 bridgehead atoms. The predicted octanol–water partition coefficient (Wildman–Crippen LogP) is -1.28. The summed E-state index contributed by atoms with van der Waals surface area (Å²) in [4.78, 5) is 16.2. The number of imidazole rings is 1. The molecule has 0 N–H and O–H groups in total. The van der Waals surface area contributed by atoms with Gasteiger partial charge in [0.1, 0.15) is 17.9 Å². The number of hydrogen-bond acceptors (Lipinski definition) is 3. The smallest absolute Gasteiger partial charge is 0.355 e. The van der Waals surface area contributed by atoms with Crippen LogP contribution < -0.4 is 24.0 Å². The van der Waals surface area contributed by atoms with Crippen molar-refractivity contribution in [2.24, 2.45) is 0 Å². The van der Waals surface area contributed by atoms with Gasteiger partial charge in [0.2, 0.25) is 0 Å². The van der Waals surface area contributed by atoms with Crippen LogP contribution in [0.15, 0.2) is 24.5 Å². The average molecular weight is 389 g/mol. The summed E-state index contributed by atoms with van der Waals surface area (Å²) in [5.41, 5.74) is 2.45. The minimum atomic E-state index is -0.317. The molecular formula is C14H20IN3O2. The third-order valence-corrected chi connectivity index (χ3v) is 2.76. The van der Waals surface area contributed by atoms with Gasteiger partial charge < -0.3 is 33.2 Å². The number of pyridine rings is 1. The summed E-state index contributed by atoms with van der Waals surface area (Å²) in [6.45, 7) is 3.02. The zero-order valence-corrected chi connectivity index (χ0v) is 14.4. The second-order valence-corrected chi connectivity index (χ2v) is 5.53. The molecule has 20 heavy (non-hydrogen) atoms. The molecular weight excluding hydrogens is 369 g/mol.